The van der Waals surface area contributed by atoms with Crippen molar-refractivity contribution < 1.29 is 28.5 Å². The van der Waals surface area contributed by atoms with Crippen LogP contribution < -0.4 is 9.47 Å². The van der Waals surface area contributed by atoms with Crippen LogP contribution in [-0.2, 0) is 9.47 Å². The lowest BCUT2D eigenvalue weighted by molar-refractivity contribution is 0.0396. The number of benzene rings is 4. The van der Waals surface area contributed by atoms with E-state index in [-0.39, 0.29) is 13.2 Å². The topological polar surface area (TPSA) is 95.8 Å². The summed E-state index contributed by atoms with van der Waals surface area (Å²) in [5.41, 5.74) is 4.05. The first kappa shape index (κ1) is 32.2. The van der Waals surface area contributed by atoms with Crippen LogP contribution in [-0.4, -0.2) is 50.8 Å². The summed E-state index contributed by atoms with van der Waals surface area (Å²) in [6.07, 6.45) is 7.22. The average molecular weight is 603 g/mol. The maximum atomic E-state index is 12.4. The number of hydrogen-bond donors (Lipinski definition) is 0. The quantitative estimate of drug-likeness (QED) is 0.0564. The predicted molar refractivity (Wildman–Crippen MR) is 177 cm³/mol. The Morgan fingerprint density at radius 3 is 1.29 bits per heavy atom. The molecule has 0 amide bonds. The minimum Gasteiger partial charge on any atom is -0.490 e. The van der Waals surface area contributed by atoms with Gasteiger partial charge in [-0.2, -0.15) is 0 Å². The van der Waals surface area contributed by atoms with Gasteiger partial charge in [-0.3, -0.25) is 9.98 Å². The van der Waals surface area contributed by atoms with E-state index in [4.69, 9.17) is 18.9 Å². The molecule has 45 heavy (non-hydrogen) atoms. The van der Waals surface area contributed by atoms with Crippen LogP contribution in [0.3, 0.4) is 0 Å². The second kappa shape index (κ2) is 17.4. The van der Waals surface area contributed by atoms with Crippen molar-refractivity contribution in [3.8, 4) is 11.5 Å². The van der Waals surface area contributed by atoms with Gasteiger partial charge in [-0.15, -0.1) is 0 Å². The molecule has 4 aromatic rings. The lowest BCUT2D eigenvalue weighted by atomic mass is 10.2. The molecule has 0 aliphatic rings. The number of carbonyl (C=O) groups excluding carboxylic acids is 2. The smallest absolute Gasteiger partial charge is 0.338 e. The molecule has 0 bridgehead atoms. The van der Waals surface area contributed by atoms with E-state index in [0.717, 1.165) is 22.6 Å². The van der Waals surface area contributed by atoms with Crippen LogP contribution in [0, 0.1) is 0 Å². The highest BCUT2D eigenvalue weighted by molar-refractivity contribution is 5.91. The van der Waals surface area contributed by atoms with Crippen molar-refractivity contribution in [1.29, 1.82) is 0 Å². The summed E-state index contributed by atoms with van der Waals surface area (Å²) < 4.78 is 21.6. The van der Waals surface area contributed by atoms with Gasteiger partial charge in [0, 0.05) is 18.9 Å². The Bertz CT molecular complexity index is 1490. The van der Waals surface area contributed by atoms with Crippen LogP contribution >= 0.6 is 0 Å². The van der Waals surface area contributed by atoms with E-state index in [2.05, 4.69) is 23.1 Å². The fourth-order valence-electron chi connectivity index (χ4n) is 3.83. The molecule has 8 nitrogen and oxygen atoms in total. The van der Waals surface area contributed by atoms with Crippen molar-refractivity contribution in [3.63, 3.8) is 0 Å². The van der Waals surface area contributed by atoms with Gasteiger partial charge in [0.25, 0.3) is 0 Å². The van der Waals surface area contributed by atoms with Crippen molar-refractivity contribution in [1.82, 2.24) is 0 Å². The molecular weight excluding hydrogens is 568 g/mol. The zero-order valence-electron chi connectivity index (χ0n) is 24.8. The molecule has 8 heteroatoms. The normalized spacial score (nSPS) is 10.8. The van der Waals surface area contributed by atoms with Crippen LogP contribution in [0.4, 0.5) is 11.4 Å². The molecular formula is C37H34N2O6. The first-order valence-electron chi connectivity index (χ1n) is 14.3. The molecule has 0 aliphatic heterocycles. The highest BCUT2D eigenvalue weighted by atomic mass is 16.5. The van der Waals surface area contributed by atoms with Crippen LogP contribution in [0.25, 0.3) is 0 Å². The molecule has 4 aromatic carbocycles. The number of aliphatic imine (C=N–C) groups is 2. The largest absolute Gasteiger partial charge is 0.490 e. The molecule has 0 aromatic heterocycles. The summed E-state index contributed by atoms with van der Waals surface area (Å²) in [7, 11) is 0. The summed E-state index contributed by atoms with van der Waals surface area (Å²) in [6.45, 7) is 8.40. The highest BCUT2D eigenvalue weighted by Gasteiger charge is 2.09. The summed E-state index contributed by atoms with van der Waals surface area (Å²) in [5, 5.41) is 0. The van der Waals surface area contributed by atoms with Crippen LogP contribution in [0.5, 0.6) is 11.5 Å². The van der Waals surface area contributed by atoms with Gasteiger partial charge in [0.15, 0.2) is 0 Å². The molecule has 0 unspecified atom stereocenters. The van der Waals surface area contributed by atoms with Gasteiger partial charge in [-0.05, 0) is 108 Å². The Hall–Kier alpha value is -5.76. The number of nitrogens with zero attached hydrogens (tertiary/aromatic N) is 2. The number of esters is 2. The van der Waals surface area contributed by atoms with E-state index in [1.165, 1.54) is 0 Å². The average Bonchev–Trinajstić information content (AvgIpc) is 3.09. The van der Waals surface area contributed by atoms with Crippen molar-refractivity contribution >= 4 is 35.7 Å². The molecule has 4 rings (SSSR count). The van der Waals surface area contributed by atoms with E-state index in [1.54, 1.807) is 73.1 Å². The molecule has 0 aliphatic carbocycles. The van der Waals surface area contributed by atoms with Crippen LogP contribution in [0.2, 0.25) is 0 Å². The minimum absolute atomic E-state index is 0.119. The van der Waals surface area contributed by atoms with Crippen molar-refractivity contribution in [2.75, 3.05) is 26.4 Å². The number of rotatable bonds is 16. The van der Waals surface area contributed by atoms with Crippen molar-refractivity contribution in [3.05, 3.63) is 145 Å². The number of carbonyl (C=O) groups is 2. The zero-order chi connectivity index (χ0) is 31.7. The second-order valence-electron chi connectivity index (χ2n) is 9.57. The third-order valence-electron chi connectivity index (χ3n) is 6.18. The van der Waals surface area contributed by atoms with E-state index in [1.807, 2.05) is 48.5 Å². The molecule has 0 fully saturated rings. The summed E-state index contributed by atoms with van der Waals surface area (Å²) in [6, 6.07) is 28.7. The fraction of sp³-hybridized carbons (Fsp3) is 0.135. The lowest BCUT2D eigenvalue weighted by Crippen LogP contribution is -2.11. The van der Waals surface area contributed by atoms with E-state index < -0.39 is 11.9 Å². The molecule has 0 saturated heterocycles. The fourth-order valence-corrected chi connectivity index (χ4v) is 3.83. The van der Waals surface area contributed by atoms with Gasteiger partial charge in [-0.25, -0.2) is 9.59 Å². The summed E-state index contributed by atoms with van der Waals surface area (Å²) in [5.74, 6) is 0.602. The maximum absolute atomic E-state index is 12.4. The van der Waals surface area contributed by atoms with E-state index in [9.17, 15) is 9.59 Å². The van der Waals surface area contributed by atoms with Gasteiger partial charge >= 0.3 is 11.9 Å². The third-order valence-corrected chi connectivity index (χ3v) is 6.18. The molecule has 0 saturated carbocycles. The van der Waals surface area contributed by atoms with Crippen LogP contribution in [0.1, 0.15) is 38.3 Å². The summed E-state index contributed by atoms with van der Waals surface area (Å²) >= 11 is 0. The monoisotopic (exact) mass is 602 g/mol. The molecule has 0 spiro atoms. The van der Waals surface area contributed by atoms with Gasteiger partial charge in [-0.1, -0.05) is 25.3 Å². The Balaban J connectivity index is 1.14. The Morgan fingerprint density at radius 2 is 0.933 bits per heavy atom. The number of hydrogen-bond acceptors (Lipinski definition) is 8. The SMILES string of the molecule is C=CCOc1ccc(/C=N/c2ccc(C(=O)OCCCOC(=O)c3ccc(/N=C/c4ccc(OCC=C)cc4)cc3)cc2)cc1. The molecule has 228 valence electrons. The minimum atomic E-state index is -0.458. The first-order chi connectivity index (χ1) is 22.0. The highest BCUT2D eigenvalue weighted by Crippen LogP contribution is 2.17. The molecule has 0 heterocycles. The van der Waals surface area contributed by atoms with Crippen LogP contribution in [0.15, 0.2) is 132 Å². The second-order valence-corrected chi connectivity index (χ2v) is 9.57. The van der Waals surface area contributed by atoms with Gasteiger partial charge in [0.05, 0.1) is 35.7 Å². The predicted octanol–water partition coefficient (Wildman–Crippen LogP) is 7.72. The van der Waals surface area contributed by atoms with Gasteiger partial charge in [0.2, 0.25) is 0 Å². The number of ether oxygens (including phenoxy) is 4. The van der Waals surface area contributed by atoms with Gasteiger partial charge < -0.3 is 18.9 Å². The Kier molecular flexibility index (Phi) is 12.4. The third kappa shape index (κ3) is 10.8. The van der Waals surface area contributed by atoms with Gasteiger partial charge in [0.1, 0.15) is 24.7 Å². The Morgan fingerprint density at radius 1 is 0.556 bits per heavy atom. The van der Waals surface area contributed by atoms with E-state index in [0.29, 0.717) is 42.1 Å². The molecule has 0 atom stereocenters. The van der Waals surface area contributed by atoms with Crippen molar-refractivity contribution in [2.24, 2.45) is 9.98 Å². The maximum Gasteiger partial charge on any atom is 0.338 e. The molecule has 0 N–H and O–H groups in total. The van der Waals surface area contributed by atoms with E-state index >= 15 is 0 Å². The zero-order valence-corrected chi connectivity index (χ0v) is 24.8. The molecule has 0 radical (unpaired) electrons. The first-order valence-corrected chi connectivity index (χ1v) is 14.3. The summed E-state index contributed by atoms with van der Waals surface area (Å²) in [4.78, 5) is 33.6. The van der Waals surface area contributed by atoms with Crippen molar-refractivity contribution in [2.45, 2.75) is 6.42 Å². The standard InChI is InChI=1S/C37H34N2O6/c1-3-22-42-34-18-6-28(7-19-34)26-38-32-14-10-30(11-15-32)36(40)44-24-5-25-45-37(41)31-12-16-33(17-13-31)39-27-29-8-20-35(21-9-29)43-23-4-2/h3-4,6-21,26-27H,1-2,5,22-25H2/b38-26+,39-27+. The Labute approximate surface area is 263 Å². The lowest BCUT2D eigenvalue weighted by Gasteiger charge is -2.07.